The number of aromatic amines is 1. The Morgan fingerprint density at radius 2 is 2.14 bits per heavy atom. The molecule has 21 heavy (non-hydrogen) atoms. The van der Waals surface area contributed by atoms with E-state index in [0.717, 1.165) is 36.1 Å². The summed E-state index contributed by atoms with van der Waals surface area (Å²) < 4.78 is 0. The van der Waals surface area contributed by atoms with Gasteiger partial charge in [0.2, 0.25) is 0 Å². The normalized spacial score (nSPS) is 13.9. The first-order valence-corrected chi connectivity index (χ1v) is 6.96. The number of nitrogens with one attached hydrogen (secondary N) is 2. The predicted molar refractivity (Wildman–Crippen MR) is 82.0 cm³/mol. The van der Waals surface area contributed by atoms with Crippen molar-refractivity contribution in [3.05, 3.63) is 58.9 Å². The van der Waals surface area contributed by atoms with E-state index >= 15 is 0 Å². The summed E-state index contributed by atoms with van der Waals surface area (Å²) in [6.45, 7) is 0. The molecular weight excluding hydrogens is 264 g/mol. The van der Waals surface area contributed by atoms with Gasteiger partial charge in [0.05, 0.1) is 0 Å². The third-order valence-electron chi connectivity index (χ3n) is 3.44. The zero-order valence-corrected chi connectivity index (χ0v) is 11.5. The summed E-state index contributed by atoms with van der Waals surface area (Å²) in [5, 5.41) is 10.9. The van der Waals surface area contributed by atoms with Crippen LogP contribution in [0.1, 0.15) is 33.7 Å². The zero-order chi connectivity index (χ0) is 14.5. The van der Waals surface area contributed by atoms with Gasteiger partial charge in [-0.05, 0) is 30.9 Å². The highest BCUT2D eigenvalue weighted by molar-refractivity contribution is 5.94. The van der Waals surface area contributed by atoms with Gasteiger partial charge in [0.25, 0.3) is 5.91 Å². The molecule has 0 fully saturated rings. The molecule has 5 heteroatoms. The first-order valence-electron chi connectivity index (χ1n) is 6.96. The maximum Gasteiger partial charge on any atom is 0.292 e. The second-order valence-corrected chi connectivity index (χ2v) is 4.87. The molecule has 3 rings (SSSR count). The molecule has 0 atom stereocenters. The lowest BCUT2D eigenvalue weighted by atomic mass is 10.2. The van der Waals surface area contributed by atoms with Gasteiger partial charge in [-0.25, -0.2) is 5.43 Å². The fourth-order valence-electron chi connectivity index (χ4n) is 2.42. The molecule has 1 aliphatic rings. The van der Waals surface area contributed by atoms with Crippen molar-refractivity contribution in [3.63, 3.8) is 0 Å². The molecule has 5 nitrogen and oxygen atoms in total. The fraction of sp³-hybridized carbons (Fsp3) is 0.188. The minimum absolute atomic E-state index is 0.265. The molecule has 1 aromatic carbocycles. The molecule has 106 valence electrons. The van der Waals surface area contributed by atoms with Crippen molar-refractivity contribution in [1.29, 1.82) is 0 Å². The smallest absolute Gasteiger partial charge is 0.281 e. The zero-order valence-electron chi connectivity index (χ0n) is 11.5. The number of H-pyrrole nitrogens is 1. The van der Waals surface area contributed by atoms with Crippen molar-refractivity contribution < 1.29 is 4.79 Å². The van der Waals surface area contributed by atoms with Crippen LogP contribution in [0.25, 0.3) is 6.08 Å². The van der Waals surface area contributed by atoms with E-state index in [0.29, 0.717) is 5.69 Å². The number of carbonyl (C=O) groups excluding carboxylic acids is 1. The lowest BCUT2D eigenvalue weighted by molar-refractivity contribution is 0.0949. The summed E-state index contributed by atoms with van der Waals surface area (Å²) in [6, 6.07) is 9.90. The van der Waals surface area contributed by atoms with Gasteiger partial charge in [-0.3, -0.25) is 9.89 Å². The highest BCUT2D eigenvalue weighted by Crippen LogP contribution is 2.22. The number of benzene rings is 1. The lowest BCUT2D eigenvalue weighted by Crippen LogP contribution is -2.19. The summed E-state index contributed by atoms with van der Waals surface area (Å²) in [6.07, 6.45) is 8.21. The number of fused-ring (bicyclic) bond motifs is 1. The molecular formula is C16H16N4O. The number of carbonyl (C=O) groups is 1. The largest absolute Gasteiger partial charge is 0.292 e. The van der Waals surface area contributed by atoms with E-state index in [2.05, 4.69) is 20.7 Å². The average Bonchev–Trinajstić information content (AvgIpc) is 3.10. The molecule has 2 aromatic rings. The van der Waals surface area contributed by atoms with Crippen LogP contribution in [0.4, 0.5) is 0 Å². The SMILES string of the molecule is O=C(N/N=C\C=C\c1ccccc1)c1n[nH]c2c1CCC2. The number of rotatable bonds is 4. The number of allylic oxidation sites excluding steroid dienone is 1. The Morgan fingerprint density at radius 1 is 1.29 bits per heavy atom. The van der Waals surface area contributed by atoms with Crippen LogP contribution >= 0.6 is 0 Å². The summed E-state index contributed by atoms with van der Waals surface area (Å²) in [5.41, 5.74) is 6.15. The highest BCUT2D eigenvalue weighted by Gasteiger charge is 2.22. The summed E-state index contributed by atoms with van der Waals surface area (Å²) in [4.78, 5) is 12.0. The van der Waals surface area contributed by atoms with Crippen LogP contribution in [-0.4, -0.2) is 22.3 Å². The van der Waals surface area contributed by atoms with Gasteiger partial charge in [-0.1, -0.05) is 36.4 Å². The molecule has 0 bridgehead atoms. The van der Waals surface area contributed by atoms with Gasteiger partial charge in [0.15, 0.2) is 5.69 Å². The number of amides is 1. The van der Waals surface area contributed by atoms with Crippen LogP contribution in [0.2, 0.25) is 0 Å². The fourth-order valence-corrected chi connectivity index (χ4v) is 2.42. The van der Waals surface area contributed by atoms with E-state index in [1.165, 1.54) is 0 Å². The van der Waals surface area contributed by atoms with Crippen LogP contribution in [-0.2, 0) is 12.8 Å². The van der Waals surface area contributed by atoms with Crippen molar-refractivity contribution in [2.24, 2.45) is 5.10 Å². The number of hydrazone groups is 1. The summed E-state index contributed by atoms with van der Waals surface area (Å²) in [7, 11) is 0. The standard InChI is InChI=1S/C16H16N4O/c21-16(15-13-9-4-10-14(13)18-19-15)20-17-11-5-8-12-6-2-1-3-7-12/h1-3,5-8,11H,4,9-10H2,(H,18,19)(H,20,21)/b8-5+,17-11-. The van der Waals surface area contributed by atoms with Gasteiger partial charge in [0.1, 0.15) is 0 Å². The molecule has 0 spiro atoms. The highest BCUT2D eigenvalue weighted by atomic mass is 16.2. The van der Waals surface area contributed by atoms with E-state index in [1.807, 2.05) is 36.4 Å². The maximum atomic E-state index is 12.0. The Bertz CT molecular complexity index is 686. The van der Waals surface area contributed by atoms with E-state index in [9.17, 15) is 4.79 Å². The Kier molecular flexibility index (Phi) is 3.91. The third kappa shape index (κ3) is 3.08. The Labute approximate surface area is 122 Å². The maximum absolute atomic E-state index is 12.0. The molecule has 1 amide bonds. The van der Waals surface area contributed by atoms with Crippen LogP contribution < -0.4 is 5.43 Å². The molecule has 1 aliphatic carbocycles. The van der Waals surface area contributed by atoms with Crippen molar-refractivity contribution in [3.8, 4) is 0 Å². The monoisotopic (exact) mass is 280 g/mol. The van der Waals surface area contributed by atoms with Crippen molar-refractivity contribution in [2.75, 3.05) is 0 Å². The first-order chi connectivity index (χ1) is 10.3. The van der Waals surface area contributed by atoms with E-state index < -0.39 is 0 Å². The predicted octanol–water partition coefficient (Wildman–Crippen LogP) is 2.33. The number of nitrogens with zero attached hydrogens (tertiary/aromatic N) is 2. The van der Waals surface area contributed by atoms with Crippen molar-refractivity contribution in [1.82, 2.24) is 15.6 Å². The molecule has 0 radical (unpaired) electrons. The summed E-state index contributed by atoms with van der Waals surface area (Å²) in [5.74, 6) is -0.265. The van der Waals surface area contributed by atoms with Crippen molar-refractivity contribution in [2.45, 2.75) is 19.3 Å². The quantitative estimate of drug-likeness (QED) is 0.666. The van der Waals surface area contributed by atoms with Crippen molar-refractivity contribution >= 4 is 18.2 Å². The van der Waals surface area contributed by atoms with Gasteiger partial charge >= 0.3 is 0 Å². The second kappa shape index (κ2) is 6.17. The minimum Gasteiger partial charge on any atom is -0.281 e. The average molecular weight is 280 g/mol. The minimum atomic E-state index is -0.265. The van der Waals surface area contributed by atoms with E-state index in [-0.39, 0.29) is 5.91 Å². The molecule has 0 saturated carbocycles. The molecule has 0 unspecified atom stereocenters. The summed E-state index contributed by atoms with van der Waals surface area (Å²) >= 11 is 0. The molecule has 0 aliphatic heterocycles. The number of aryl methyl sites for hydroxylation is 1. The molecule has 1 heterocycles. The van der Waals surface area contributed by atoms with Crippen LogP contribution in [0.5, 0.6) is 0 Å². The third-order valence-corrected chi connectivity index (χ3v) is 3.44. The van der Waals surface area contributed by atoms with Gasteiger partial charge < -0.3 is 0 Å². The van der Waals surface area contributed by atoms with Gasteiger partial charge in [0, 0.05) is 17.5 Å². The van der Waals surface area contributed by atoms with E-state index in [4.69, 9.17) is 0 Å². The van der Waals surface area contributed by atoms with Gasteiger partial charge in [-0.2, -0.15) is 10.2 Å². The molecule has 1 aromatic heterocycles. The topological polar surface area (TPSA) is 70.1 Å². The Hall–Kier alpha value is -2.69. The molecule has 0 saturated heterocycles. The Morgan fingerprint density at radius 3 is 3.00 bits per heavy atom. The molecule has 2 N–H and O–H groups in total. The first kappa shape index (κ1) is 13.3. The number of hydrogen-bond acceptors (Lipinski definition) is 3. The Balaban J connectivity index is 1.56. The van der Waals surface area contributed by atoms with Crippen LogP contribution in [0, 0.1) is 0 Å². The number of aromatic nitrogens is 2. The van der Waals surface area contributed by atoms with Crippen LogP contribution in [0.15, 0.2) is 41.5 Å². The van der Waals surface area contributed by atoms with Crippen LogP contribution in [0.3, 0.4) is 0 Å². The lowest BCUT2D eigenvalue weighted by Gasteiger charge is -1.97. The second-order valence-electron chi connectivity index (χ2n) is 4.87. The van der Waals surface area contributed by atoms with Gasteiger partial charge in [-0.15, -0.1) is 0 Å². The number of hydrogen-bond donors (Lipinski definition) is 2. The van der Waals surface area contributed by atoms with E-state index in [1.54, 1.807) is 12.3 Å².